The summed E-state index contributed by atoms with van der Waals surface area (Å²) in [6.45, 7) is 4.37. The van der Waals surface area contributed by atoms with Gasteiger partial charge in [0.15, 0.2) is 0 Å². The number of carbonyl (C=O) groups excluding carboxylic acids is 2. The molecule has 0 aliphatic rings. The third-order valence-electron chi connectivity index (χ3n) is 4.09. The Morgan fingerprint density at radius 1 is 1.11 bits per heavy atom. The second kappa shape index (κ2) is 8.27. The fourth-order valence-corrected chi connectivity index (χ4v) is 3.01. The highest BCUT2D eigenvalue weighted by Crippen LogP contribution is 2.20. The highest BCUT2D eigenvalue weighted by atomic mass is 35.5. The van der Waals surface area contributed by atoms with Gasteiger partial charge in [0.05, 0.1) is 0 Å². The number of hydrogen-bond donors (Lipinski definition) is 3. The zero-order chi connectivity index (χ0) is 19.4. The standard InChI is InChI=1S/C21H22ClN3O2/c1-13(2)8-20(26)24-17-5-3-4-14(9-17)12-23-21(27)19-10-15-6-7-16(22)11-18(15)25-19/h3-7,9-11,13,25H,8,12H2,1-2H3,(H,23,27)(H,24,26). The molecule has 0 saturated carbocycles. The van der Waals surface area contributed by atoms with Crippen molar-refractivity contribution in [2.45, 2.75) is 26.8 Å². The molecule has 140 valence electrons. The Morgan fingerprint density at radius 2 is 1.93 bits per heavy atom. The average molecular weight is 384 g/mol. The lowest BCUT2D eigenvalue weighted by Gasteiger charge is -2.09. The Bertz CT molecular complexity index is 978. The summed E-state index contributed by atoms with van der Waals surface area (Å²) in [4.78, 5) is 27.4. The van der Waals surface area contributed by atoms with Crippen molar-refractivity contribution in [2.24, 2.45) is 5.92 Å². The summed E-state index contributed by atoms with van der Waals surface area (Å²) >= 11 is 5.98. The van der Waals surface area contributed by atoms with Gasteiger partial charge in [-0.15, -0.1) is 0 Å². The highest BCUT2D eigenvalue weighted by Gasteiger charge is 2.10. The number of carbonyl (C=O) groups is 2. The summed E-state index contributed by atoms with van der Waals surface area (Å²) in [6.07, 6.45) is 0.478. The smallest absolute Gasteiger partial charge is 0.267 e. The van der Waals surface area contributed by atoms with Crippen LogP contribution in [-0.4, -0.2) is 16.8 Å². The summed E-state index contributed by atoms with van der Waals surface area (Å²) in [7, 11) is 0. The quantitative estimate of drug-likeness (QED) is 0.575. The van der Waals surface area contributed by atoms with Crippen LogP contribution < -0.4 is 10.6 Å². The van der Waals surface area contributed by atoms with Gasteiger partial charge in [-0.2, -0.15) is 0 Å². The summed E-state index contributed by atoms with van der Waals surface area (Å²) < 4.78 is 0. The van der Waals surface area contributed by atoms with E-state index in [2.05, 4.69) is 15.6 Å². The van der Waals surface area contributed by atoms with Crippen molar-refractivity contribution in [1.82, 2.24) is 10.3 Å². The molecule has 0 aliphatic carbocycles. The van der Waals surface area contributed by atoms with Crippen LogP contribution in [0.3, 0.4) is 0 Å². The van der Waals surface area contributed by atoms with Crippen LogP contribution in [-0.2, 0) is 11.3 Å². The van der Waals surface area contributed by atoms with Crippen molar-refractivity contribution in [3.8, 4) is 0 Å². The predicted octanol–water partition coefficient (Wildman–Crippen LogP) is 4.74. The summed E-state index contributed by atoms with van der Waals surface area (Å²) in [5.41, 5.74) is 2.94. The predicted molar refractivity (Wildman–Crippen MR) is 109 cm³/mol. The van der Waals surface area contributed by atoms with Gasteiger partial charge in [0.25, 0.3) is 5.91 Å². The van der Waals surface area contributed by atoms with Crippen LogP contribution in [0.2, 0.25) is 5.02 Å². The normalized spacial score (nSPS) is 11.0. The number of rotatable bonds is 6. The second-order valence-corrected chi connectivity index (χ2v) is 7.38. The Balaban J connectivity index is 1.62. The Kier molecular flexibility index (Phi) is 5.81. The molecule has 0 radical (unpaired) electrons. The van der Waals surface area contributed by atoms with E-state index in [4.69, 9.17) is 11.6 Å². The first-order valence-corrected chi connectivity index (χ1v) is 9.24. The average Bonchev–Trinajstić information content (AvgIpc) is 3.02. The zero-order valence-electron chi connectivity index (χ0n) is 15.3. The van der Waals surface area contributed by atoms with Gasteiger partial charge in [-0.3, -0.25) is 9.59 Å². The molecule has 0 spiro atoms. The molecule has 2 amide bonds. The van der Waals surface area contributed by atoms with Crippen LogP contribution in [0, 0.1) is 5.92 Å². The molecule has 0 atom stereocenters. The van der Waals surface area contributed by atoms with Gasteiger partial charge in [0, 0.05) is 34.6 Å². The number of aromatic nitrogens is 1. The highest BCUT2D eigenvalue weighted by molar-refractivity contribution is 6.31. The SMILES string of the molecule is CC(C)CC(=O)Nc1cccc(CNC(=O)c2cc3ccc(Cl)cc3[nH]2)c1. The van der Waals surface area contributed by atoms with E-state index in [1.54, 1.807) is 18.2 Å². The fraction of sp³-hybridized carbons (Fsp3) is 0.238. The van der Waals surface area contributed by atoms with Crippen LogP contribution in [0.25, 0.3) is 10.9 Å². The molecular formula is C21H22ClN3O2. The van der Waals surface area contributed by atoms with Gasteiger partial charge in [-0.1, -0.05) is 43.6 Å². The maximum Gasteiger partial charge on any atom is 0.267 e. The fourth-order valence-electron chi connectivity index (χ4n) is 2.84. The first-order valence-electron chi connectivity index (χ1n) is 8.86. The first kappa shape index (κ1) is 19.0. The molecule has 0 unspecified atom stereocenters. The molecule has 3 N–H and O–H groups in total. The molecule has 27 heavy (non-hydrogen) atoms. The van der Waals surface area contributed by atoms with Crippen LogP contribution in [0.1, 0.15) is 36.3 Å². The number of H-pyrrole nitrogens is 1. The number of aromatic amines is 1. The molecule has 0 fully saturated rings. The van der Waals surface area contributed by atoms with Crippen LogP contribution in [0.4, 0.5) is 5.69 Å². The van der Waals surface area contributed by atoms with Crippen LogP contribution in [0.5, 0.6) is 0 Å². The Labute approximate surface area is 163 Å². The van der Waals surface area contributed by atoms with Crippen LogP contribution >= 0.6 is 11.6 Å². The van der Waals surface area contributed by atoms with Gasteiger partial charge < -0.3 is 15.6 Å². The molecular weight excluding hydrogens is 362 g/mol. The largest absolute Gasteiger partial charge is 0.350 e. The van der Waals surface area contributed by atoms with E-state index >= 15 is 0 Å². The molecule has 1 aromatic heterocycles. The topological polar surface area (TPSA) is 74.0 Å². The Hall–Kier alpha value is -2.79. The van der Waals surface area contributed by atoms with Crippen molar-refractivity contribution in [1.29, 1.82) is 0 Å². The molecule has 2 aromatic carbocycles. The molecule has 5 nitrogen and oxygen atoms in total. The number of amides is 2. The monoisotopic (exact) mass is 383 g/mol. The molecule has 0 aliphatic heterocycles. The zero-order valence-corrected chi connectivity index (χ0v) is 16.1. The maximum absolute atomic E-state index is 12.4. The minimum absolute atomic E-state index is 0.0112. The molecule has 3 rings (SSSR count). The maximum atomic E-state index is 12.4. The van der Waals surface area contributed by atoms with Crippen molar-refractivity contribution in [3.05, 3.63) is 64.8 Å². The number of benzene rings is 2. The third kappa shape index (κ3) is 5.11. The van der Waals surface area contributed by atoms with Crippen LogP contribution in [0.15, 0.2) is 48.5 Å². The molecule has 6 heteroatoms. The number of anilines is 1. The number of halogens is 1. The third-order valence-corrected chi connectivity index (χ3v) is 4.32. The molecule has 0 bridgehead atoms. The van der Waals surface area contributed by atoms with E-state index in [-0.39, 0.29) is 11.8 Å². The lowest BCUT2D eigenvalue weighted by atomic mass is 10.1. The lowest BCUT2D eigenvalue weighted by Crippen LogP contribution is -2.23. The summed E-state index contributed by atoms with van der Waals surface area (Å²) in [5, 5.41) is 7.32. The van der Waals surface area contributed by atoms with E-state index in [0.29, 0.717) is 29.6 Å². The van der Waals surface area contributed by atoms with E-state index in [1.165, 1.54) is 0 Å². The number of hydrogen-bond acceptors (Lipinski definition) is 2. The number of fused-ring (bicyclic) bond motifs is 1. The minimum Gasteiger partial charge on any atom is -0.350 e. The van der Waals surface area contributed by atoms with Gasteiger partial charge in [-0.05, 0) is 41.8 Å². The number of nitrogens with one attached hydrogen (secondary N) is 3. The first-order chi connectivity index (χ1) is 12.9. The molecule has 0 saturated heterocycles. The minimum atomic E-state index is -0.198. The molecule has 3 aromatic rings. The van der Waals surface area contributed by atoms with Crippen molar-refractivity contribution < 1.29 is 9.59 Å². The van der Waals surface area contributed by atoms with E-state index in [9.17, 15) is 9.59 Å². The van der Waals surface area contributed by atoms with Crippen molar-refractivity contribution in [3.63, 3.8) is 0 Å². The van der Waals surface area contributed by atoms with E-state index in [1.807, 2.05) is 44.2 Å². The van der Waals surface area contributed by atoms with E-state index < -0.39 is 0 Å². The van der Waals surface area contributed by atoms with Crippen molar-refractivity contribution in [2.75, 3.05) is 5.32 Å². The van der Waals surface area contributed by atoms with Gasteiger partial charge >= 0.3 is 0 Å². The van der Waals surface area contributed by atoms with E-state index in [0.717, 1.165) is 22.2 Å². The molecule has 1 heterocycles. The van der Waals surface area contributed by atoms with Gasteiger partial charge in [0.1, 0.15) is 5.69 Å². The second-order valence-electron chi connectivity index (χ2n) is 6.94. The Morgan fingerprint density at radius 3 is 2.70 bits per heavy atom. The van der Waals surface area contributed by atoms with Gasteiger partial charge in [0.2, 0.25) is 5.91 Å². The summed E-state index contributed by atoms with van der Waals surface area (Å²) in [6, 6.07) is 14.7. The lowest BCUT2D eigenvalue weighted by molar-refractivity contribution is -0.116. The summed E-state index contributed by atoms with van der Waals surface area (Å²) in [5.74, 6) is 0.0955. The van der Waals surface area contributed by atoms with Gasteiger partial charge in [-0.25, -0.2) is 0 Å². The van der Waals surface area contributed by atoms with Crippen molar-refractivity contribution >= 4 is 40.0 Å².